The van der Waals surface area contributed by atoms with Crippen LogP contribution >= 0.6 is 0 Å². The van der Waals surface area contributed by atoms with Crippen molar-refractivity contribution in [3.8, 4) is 0 Å². The molecule has 1 aromatic carbocycles. The van der Waals surface area contributed by atoms with Gasteiger partial charge in [0.15, 0.2) is 0 Å². The van der Waals surface area contributed by atoms with Crippen LogP contribution in [0.5, 0.6) is 0 Å². The molecule has 0 fully saturated rings. The van der Waals surface area contributed by atoms with E-state index in [0.29, 0.717) is 5.92 Å². The average molecular weight is 206 g/mol. The first-order valence-electron chi connectivity index (χ1n) is 5.68. The first-order valence-corrected chi connectivity index (χ1v) is 5.68. The van der Waals surface area contributed by atoms with Crippen LogP contribution in [-0.4, -0.2) is 0 Å². The van der Waals surface area contributed by atoms with Crippen LogP contribution in [0.2, 0.25) is 0 Å². The summed E-state index contributed by atoms with van der Waals surface area (Å²) in [7, 11) is 0. The van der Waals surface area contributed by atoms with E-state index in [0.717, 1.165) is 0 Å². The Bertz CT molecular complexity index is 524. The SMILES string of the molecule is CC1=CC2=CC=CC2C(c2ccccc2)=C1. The summed E-state index contributed by atoms with van der Waals surface area (Å²) in [6, 6.07) is 10.6. The summed E-state index contributed by atoms with van der Waals surface area (Å²) in [4.78, 5) is 0. The lowest BCUT2D eigenvalue weighted by molar-refractivity contribution is 1.03. The van der Waals surface area contributed by atoms with E-state index in [1.807, 2.05) is 0 Å². The van der Waals surface area contributed by atoms with Crippen LogP contribution in [0, 0.1) is 5.92 Å². The second kappa shape index (κ2) is 3.64. The molecule has 0 saturated carbocycles. The average Bonchev–Trinajstić information content (AvgIpc) is 2.77. The maximum absolute atomic E-state index is 2.30. The van der Waals surface area contributed by atoms with Crippen LogP contribution in [-0.2, 0) is 0 Å². The minimum atomic E-state index is 0.464. The second-order valence-corrected chi connectivity index (χ2v) is 4.38. The fourth-order valence-corrected chi connectivity index (χ4v) is 2.45. The molecule has 16 heavy (non-hydrogen) atoms. The standard InChI is InChI=1S/C16H14/c1-12-10-14-8-5-9-15(14)16(11-12)13-6-3-2-4-7-13/h2-11,15H,1H3. The highest BCUT2D eigenvalue weighted by atomic mass is 14.3. The van der Waals surface area contributed by atoms with E-state index in [9.17, 15) is 0 Å². The highest BCUT2D eigenvalue weighted by Gasteiger charge is 2.21. The quantitative estimate of drug-likeness (QED) is 0.647. The lowest BCUT2D eigenvalue weighted by Crippen LogP contribution is -2.05. The molecule has 0 aliphatic heterocycles. The molecule has 0 bridgehead atoms. The number of benzene rings is 1. The summed E-state index contributed by atoms with van der Waals surface area (Å²) in [5.74, 6) is 0.464. The van der Waals surface area contributed by atoms with Gasteiger partial charge in [-0.25, -0.2) is 0 Å². The summed E-state index contributed by atoms with van der Waals surface area (Å²) in [6.07, 6.45) is 11.2. The van der Waals surface area contributed by atoms with Crippen molar-refractivity contribution in [2.75, 3.05) is 0 Å². The van der Waals surface area contributed by atoms with Crippen molar-refractivity contribution in [1.82, 2.24) is 0 Å². The Morgan fingerprint density at radius 3 is 2.62 bits per heavy atom. The summed E-state index contributed by atoms with van der Waals surface area (Å²) in [5.41, 5.74) is 5.50. The van der Waals surface area contributed by atoms with Crippen LogP contribution < -0.4 is 0 Å². The van der Waals surface area contributed by atoms with Gasteiger partial charge in [0, 0.05) is 5.92 Å². The maximum Gasteiger partial charge on any atom is 0.0278 e. The number of rotatable bonds is 1. The summed E-state index contributed by atoms with van der Waals surface area (Å²) >= 11 is 0. The molecule has 0 N–H and O–H groups in total. The van der Waals surface area contributed by atoms with Gasteiger partial charge in [-0.2, -0.15) is 0 Å². The number of allylic oxidation sites excluding steroid dienone is 8. The van der Waals surface area contributed by atoms with Gasteiger partial charge in [0.1, 0.15) is 0 Å². The van der Waals surface area contributed by atoms with Gasteiger partial charge in [0.25, 0.3) is 0 Å². The van der Waals surface area contributed by atoms with Crippen molar-refractivity contribution in [2.24, 2.45) is 5.92 Å². The summed E-state index contributed by atoms with van der Waals surface area (Å²) < 4.78 is 0. The molecule has 0 heterocycles. The molecule has 0 nitrogen and oxygen atoms in total. The van der Waals surface area contributed by atoms with E-state index in [1.165, 1.54) is 22.3 Å². The first-order chi connectivity index (χ1) is 7.84. The Labute approximate surface area is 96.3 Å². The van der Waals surface area contributed by atoms with Gasteiger partial charge in [-0.15, -0.1) is 0 Å². The molecule has 0 heteroatoms. The molecule has 3 rings (SSSR count). The lowest BCUT2D eigenvalue weighted by Gasteiger charge is -2.21. The molecule has 1 unspecified atom stereocenters. The highest BCUT2D eigenvalue weighted by Crippen LogP contribution is 2.38. The van der Waals surface area contributed by atoms with Crippen LogP contribution in [0.3, 0.4) is 0 Å². The third kappa shape index (κ3) is 1.47. The molecule has 78 valence electrons. The van der Waals surface area contributed by atoms with Gasteiger partial charge in [0.05, 0.1) is 0 Å². The molecule has 0 saturated heterocycles. The van der Waals surface area contributed by atoms with Crippen LogP contribution in [0.1, 0.15) is 12.5 Å². The Morgan fingerprint density at radius 2 is 1.81 bits per heavy atom. The molecule has 1 atom stereocenters. The van der Waals surface area contributed by atoms with E-state index < -0.39 is 0 Å². The van der Waals surface area contributed by atoms with E-state index in [-0.39, 0.29) is 0 Å². The summed E-state index contributed by atoms with van der Waals surface area (Å²) in [5, 5.41) is 0. The van der Waals surface area contributed by atoms with Crippen molar-refractivity contribution in [3.05, 3.63) is 77.4 Å². The molecule has 0 spiro atoms. The van der Waals surface area contributed by atoms with E-state index in [4.69, 9.17) is 0 Å². The normalized spacial score (nSPS) is 22.3. The third-order valence-electron chi connectivity index (χ3n) is 3.17. The predicted molar refractivity (Wildman–Crippen MR) is 68.9 cm³/mol. The van der Waals surface area contributed by atoms with Crippen molar-refractivity contribution in [3.63, 3.8) is 0 Å². The zero-order valence-corrected chi connectivity index (χ0v) is 9.35. The third-order valence-corrected chi connectivity index (χ3v) is 3.17. The molecule has 0 amide bonds. The van der Waals surface area contributed by atoms with Crippen molar-refractivity contribution in [2.45, 2.75) is 6.92 Å². The maximum atomic E-state index is 2.30. The Kier molecular flexibility index (Phi) is 2.14. The molecule has 2 aliphatic rings. The van der Waals surface area contributed by atoms with Gasteiger partial charge < -0.3 is 0 Å². The Balaban J connectivity index is 2.10. The fraction of sp³-hybridized carbons (Fsp3) is 0.125. The lowest BCUT2D eigenvalue weighted by atomic mass is 9.83. The zero-order chi connectivity index (χ0) is 11.0. The van der Waals surface area contributed by atoms with Crippen molar-refractivity contribution < 1.29 is 0 Å². The number of hydrogen-bond donors (Lipinski definition) is 0. The van der Waals surface area contributed by atoms with E-state index in [2.05, 4.69) is 67.6 Å². The molecular formula is C16H14. The van der Waals surface area contributed by atoms with Gasteiger partial charge in [0.2, 0.25) is 0 Å². The molecule has 0 radical (unpaired) electrons. The number of fused-ring (bicyclic) bond motifs is 1. The van der Waals surface area contributed by atoms with Gasteiger partial charge in [-0.3, -0.25) is 0 Å². The van der Waals surface area contributed by atoms with Crippen LogP contribution in [0.4, 0.5) is 0 Å². The molecule has 1 aromatic rings. The monoisotopic (exact) mass is 206 g/mol. The summed E-state index contributed by atoms with van der Waals surface area (Å²) in [6.45, 7) is 2.16. The minimum Gasteiger partial charge on any atom is -0.0726 e. The Hall–Kier alpha value is -1.82. The van der Waals surface area contributed by atoms with E-state index >= 15 is 0 Å². The highest BCUT2D eigenvalue weighted by molar-refractivity contribution is 5.78. The molecular weight excluding hydrogens is 192 g/mol. The predicted octanol–water partition coefficient (Wildman–Crippen LogP) is 4.14. The largest absolute Gasteiger partial charge is 0.0726 e. The molecule has 2 aliphatic carbocycles. The minimum absolute atomic E-state index is 0.464. The van der Waals surface area contributed by atoms with Gasteiger partial charge in [-0.05, 0) is 23.6 Å². The topological polar surface area (TPSA) is 0 Å². The van der Waals surface area contributed by atoms with Gasteiger partial charge in [-0.1, -0.05) is 66.3 Å². The van der Waals surface area contributed by atoms with Crippen LogP contribution in [0.25, 0.3) is 5.57 Å². The smallest absolute Gasteiger partial charge is 0.0278 e. The van der Waals surface area contributed by atoms with Crippen LogP contribution in [0.15, 0.2) is 71.9 Å². The van der Waals surface area contributed by atoms with Crippen molar-refractivity contribution in [1.29, 1.82) is 0 Å². The number of hydrogen-bond acceptors (Lipinski definition) is 0. The Morgan fingerprint density at radius 1 is 1.00 bits per heavy atom. The first kappa shape index (κ1) is 9.41. The fourth-order valence-electron chi connectivity index (χ4n) is 2.45. The van der Waals surface area contributed by atoms with Crippen molar-refractivity contribution >= 4 is 5.57 Å². The van der Waals surface area contributed by atoms with E-state index in [1.54, 1.807) is 0 Å². The zero-order valence-electron chi connectivity index (χ0n) is 9.35. The second-order valence-electron chi connectivity index (χ2n) is 4.38. The van der Waals surface area contributed by atoms with Gasteiger partial charge >= 0.3 is 0 Å². The molecule has 0 aromatic heterocycles.